The van der Waals surface area contributed by atoms with Gasteiger partial charge in [-0.05, 0) is 68.0 Å². The fourth-order valence-corrected chi connectivity index (χ4v) is 5.06. The number of sulfonamides is 1. The van der Waals surface area contributed by atoms with E-state index in [2.05, 4.69) is 50.4 Å². The Morgan fingerprint density at radius 1 is 0.853 bits per heavy atom. The van der Waals surface area contributed by atoms with Crippen LogP contribution in [0.15, 0.2) is 77.7 Å². The van der Waals surface area contributed by atoms with E-state index in [1.165, 1.54) is 15.4 Å². The van der Waals surface area contributed by atoms with Gasteiger partial charge >= 0.3 is 0 Å². The molecule has 0 atom stereocenters. The van der Waals surface area contributed by atoms with Crippen LogP contribution in [0.25, 0.3) is 0 Å². The van der Waals surface area contributed by atoms with E-state index < -0.39 is 10.0 Å². The number of nitrogens with one attached hydrogen (secondary N) is 1. The van der Waals surface area contributed by atoms with Crippen LogP contribution in [0.3, 0.4) is 0 Å². The van der Waals surface area contributed by atoms with Gasteiger partial charge in [-0.15, -0.1) is 0 Å². The largest absolute Gasteiger partial charge is 0.355 e. The Balaban J connectivity index is 1.73. The van der Waals surface area contributed by atoms with Gasteiger partial charge in [0.25, 0.3) is 10.0 Å². The molecule has 0 saturated heterocycles. The lowest BCUT2D eigenvalue weighted by atomic mass is 10.0. The SMILES string of the molecule is Cc1ccc(CCCNC(=O)CN(c2ccc(C(C)C)cc2)S(=O)(=O)c2ccc(C)cc2)cc1. The topological polar surface area (TPSA) is 66.5 Å². The first kappa shape index (κ1) is 25.5. The smallest absolute Gasteiger partial charge is 0.264 e. The minimum atomic E-state index is -3.90. The zero-order valence-corrected chi connectivity index (χ0v) is 21.2. The van der Waals surface area contributed by atoms with Crippen molar-refractivity contribution in [1.29, 1.82) is 0 Å². The van der Waals surface area contributed by atoms with E-state index in [9.17, 15) is 13.2 Å². The van der Waals surface area contributed by atoms with Crippen molar-refractivity contribution in [3.05, 3.63) is 95.1 Å². The summed E-state index contributed by atoms with van der Waals surface area (Å²) in [5.41, 5.74) is 4.98. The Labute approximate surface area is 203 Å². The number of hydrogen-bond donors (Lipinski definition) is 1. The van der Waals surface area contributed by atoms with Gasteiger partial charge in [0.1, 0.15) is 6.54 Å². The second-order valence-corrected chi connectivity index (χ2v) is 10.9. The highest BCUT2D eigenvalue weighted by molar-refractivity contribution is 7.92. The molecule has 0 aromatic heterocycles. The second-order valence-electron chi connectivity index (χ2n) is 9.01. The van der Waals surface area contributed by atoms with Gasteiger partial charge in [0, 0.05) is 6.54 Å². The highest BCUT2D eigenvalue weighted by Crippen LogP contribution is 2.26. The third-order valence-corrected chi connectivity index (χ3v) is 7.62. The van der Waals surface area contributed by atoms with Crippen molar-refractivity contribution in [2.24, 2.45) is 0 Å². The van der Waals surface area contributed by atoms with Crippen molar-refractivity contribution in [1.82, 2.24) is 5.32 Å². The van der Waals surface area contributed by atoms with Gasteiger partial charge in [0.15, 0.2) is 0 Å². The minimum absolute atomic E-state index is 0.165. The Kier molecular flexibility index (Phi) is 8.51. The predicted octanol–water partition coefficient (Wildman–Crippen LogP) is 5.37. The van der Waals surface area contributed by atoms with E-state index in [0.29, 0.717) is 18.2 Å². The molecule has 6 heteroatoms. The first-order valence-electron chi connectivity index (χ1n) is 11.7. The molecule has 180 valence electrons. The molecule has 5 nitrogen and oxygen atoms in total. The summed E-state index contributed by atoms with van der Waals surface area (Å²) >= 11 is 0. The van der Waals surface area contributed by atoms with Crippen LogP contribution in [0.2, 0.25) is 0 Å². The average molecular weight is 479 g/mol. The molecule has 0 radical (unpaired) electrons. The fraction of sp³-hybridized carbons (Fsp3) is 0.321. The number of benzene rings is 3. The van der Waals surface area contributed by atoms with Gasteiger partial charge in [0.2, 0.25) is 5.91 Å². The first-order chi connectivity index (χ1) is 16.2. The van der Waals surface area contributed by atoms with Crippen molar-refractivity contribution in [3.63, 3.8) is 0 Å². The van der Waals surface area contributed by atoms with Crippen LogP contribution in [0, 0.1) is 13.8 Å². The summed E-state index contributed by atoms with van der Waals surface area (Å²) in [6, 6.07) is 22.4. The molecular formula is C28H34N2O3S. The van der Waals surface area contributed by atoms with E-state index >= 15 is 0 Å². The normalized spacial score (nSPS) is 11.4. The number of carbonyl (C=O) groups is 1. The number of aryl methyl sites for hydroxylation is 3. The highest BCUT2D eigenvalue weighted by atomic mass is 32.2. The zero-order valence-electron chi connectivity index (χ0n) is 20.4. The van der Waals surface area contributed by atoms with E-state index in [1.807, 2.05) is 19.1 Å². The van der Waals surface area contributed by atoms with E-state index in [4.69, 9.17) is 0 Å². The molecule has 1 N–H and O–H groups in total. The molecule has 0 aliphatic heterocycles. The van der Waals surface area contributed by atoms with E-state index in [0.717, 1.165) is 24.0 Å². The molecular weight excluding hydrogens is 444 g/mol. The molecule has 0 bridgehead atoms. The Morgan fingerprint density at radius 2 is 1.41 bits per heavy atom. The van der Waals surface area contributed by atoms with Gasteiger partial charge in [-0.1, -0.05) is 73.5 Å². The average Bonchev–Trinajstić information content (AvgIpc) is 2.81. The quantitative estimate of drug-likeness (QED) is 0.398. The van der Waals surface area contributed by atoms with Crippen LogP contribution in [0.4, 0.5) is 5.69 Å². The van der Waals surface area contributed by atoms with Gasteiger partial charge in [-0.25, -0.2) is 8.42 Å². The molecule has 0 aliphatic rings. The Bertz CT molecular complexity index is 1180. The molecule has 3 rings (SSSR count). The lowest BCUT2D eigenvalue weighted by Crippen LogP contribution is -2.41. The minimum Gasteiger partial charge on any atom is -0.355 e. The molecule has 3 aromatic carbocycles. The third kappa shape index (κ3) is 6.70. The molecule has 34 heavy (non-hydrogen) atoms. The molecule has 0 aliphatic carbocycles. The summed E-state index contributed by atoms with van der Waals surface area (Å²) in [5, 5.41) is 2.88. The van der Waals surface area contributed by atoms with Crippen LogP contribution in [-0.4, -0.2) is 27.4 Å². The van der Waals surface area contributed by atoms with Crippen molar-refractivity contribution in [2.75, 3.05) is 17.4 Å². The molecule has 0 fully saturated rings. The summed E-state index contributed by atoms with van der Waals surface area (Å²) in [6.45, 7) is 8.33. The van der Waals surface area contributed by atoms with Crippen molar-refractivity contribution in [2.45, 2.75) is 51.3 Å². The van der Waals surface area contributed by atoms with Crippen LogP contribution < -0.4 is 9.62 Å². The maximum Gasteiger partial charge on any atom is 0.264 e. The van der Waals surface area contributed by atoms with Crippen LogP contribution in [0.1, 0.15) is 48.4 Å². The summed E-state index contributed by atoms with van der Waals surface area (Å²) in [7, 11) is -3.90. The lowest BCUT2D eigenvalue weighted by Gasteiger charge is -2.24. The van der Waals surface area contributed by atoms with Gasteiger partial charge in [-0.2, -0.15) is 0 Å². The number of nitrogens with zero attached hydrogens (tertiary/aromatic N) is 1. The van der Waals surface area contributed by atoms with E-state index in [1.54, 1.807) is 36.4 Å². The molecule has 0 spiro atoms. The third-order valence-electron chi connectivity index (χ3n) is 5.83. The second kappa shape index (κ2) is 11.3. The summed E-state index contributed by atoms with van der Waals surface area (Å²) in [5.74, 6) is 0.000521. The van der Waals surface area contributed by atoms with Gasteiger partial charge in [-0.3, -0.25) is 9.10 Å². The molecule has 1 amide bonds. The first-order valence-corrected chi connectivity index (χ1v) is 13.1. The maximum absolute atomic E-state index is 13.5. The lowest BCUT2D eigenvalue weighted by molar-refractivity contribution is -0.119. The molecule has 3 aromatic rings. The highest BCUT2D eigenvalue weighted by Gasteiger charge is 2.27. The predicted molar refractivity (Wildman–Crippen MR) is 139 cm³/mol. The zero-order chi connectivity index (χ0) is 24.7. The van der Waals surface area contributed by atoms with Crippen molar-refractivity contribution < 1.29 is 13.2 Å². The van der Waals surface area contributed by atoms with Crippen LogP contribution in [-0.2, 0) is 21.2 Å². The van der Waals surface area contributed by atoms with Gasteiger partial charge in [0.05, 0.1) is 10.6 Å². The number of amides is 1. The monoisotopic (exact) mass is 478 g/mol. The Hall–Kier alpha value is -3.12. The van der Waals surface area contributed by atoms with Crippen molar-refractivity contribution >= 4 is 21.6 Å². The number of anilines is 1. The molecule has 0 heterocycles. The summed E-state index contributed by atoms with van der Waals surface area (Å²) in [4.78, 5) is 12.9. The Morgan fingerprint density at radius 3 is 1.97 bits per heavy atom. The van der Waals surface area contributed by atoms with Crippen LogP contribution >= 0.6 is 0 Å². The molecule has 0 unspecified atom stereocenters. The standard InChI is InChI=1S/C28H34N2O3S/c1-21(2)25-13-15-26(16-14-25)30(34(32,33)27-17-9-23(4)10-18-27)20-28(31)29-19-5-6-24-11-7-22(3)8-12-24/h7-18,21H,5-6,19-20H2,1-4H3,(H,29,31). The van der Waals surface area contributed by atoms with Gasteiger partial charge < -0.3 is 5.32 Å². The number of rotatable bonds is 10. The summed E-state index contributed by atoms with van der Waals surface area (Å²) < 4.78 is 28.2. The maximum atomic E-state index is 13.5. The fourth-order valence-electron chi connectivity index (χ4n) is 3.64. The van der Waals surface area contributed by atoms with E-state index in [-0.39, 0.29) is 17.3 Å². The number of hydrogen-bond acceptors (Lipinski definition) is 3. The van der Waals surface area contributed by atoms with Crippen molar-refractivity contribution in [3.8, 4) is 0 Å². The molecule has 0 saturated carbocycles. The van der Waals surface area contributed by atoms with Crippen LogP contribution in [0.5, 0.6) is 0 Å². The summed E-state index contributed by atoms with van der Waals surface area (Å²) in [6.07, 6.45) is 1.63. The number of carbonyl (C=O) groups excluding carboxylic acids is 1.